The number of aromatic nitrogens is 2. The average molecular weight is 377 g/mol. The summed E-state index contributed by atoms with van der Waals surface area (Å²) in [5.74, 6) is -0.463. The first kappa shape index (κ1) is 18.0. The van der Waals surface area contributed by atoms with Crippen LogP contribution in [0.5, 0.6) is 0 Å². The van der Waals surface area contributed by atoms with E-state index in [2.05, 4.69) is 10.4 Å². The predicted octanol–water partition coefficient (Wildman–Crippen LogP) is 2.52. The number of anilines is 1. The number of benzene rings is 1. The van der Waals surface area contributed by atoms with Crippen molar-refractivity contribution < 1.29 is 9.59 Å². The zero-order chi connectivity index (χ0) is 19.7. The van der Waals surface area contributed by atoms with Crippen molar-refractivity contribution in [3.8, 4) is 11.1 Å². The van der Waals surface area contributed by atoms with Crippen LogP contribution >= 0.6 is 0 Å². The number of carbonyl (C=O) groups excluding carboxylic acids is 2. The van der Waals surface area contributed by atoms with Gasteiger partial charge in [0.25, 0.3) is 5.91 Å². The second-order valence-electron chi connectivity index (χ2n) is 7.17. The average Bonchev–Trinajstić information content (AvgIpc) is 3.14. The molecule has 1 saturated heterocycles. The van der Waals surface area contributed by atoms with Gasteiger partial charge in [-0.1, -0.05) is 30.3 Å². The third-order valence-corrected chi connectivity index (χ3v) is 5.22. The SMILES string of the molecule is CC(=O)N1CCCC(Nc2c(C(N)=O)cnn3cc(-c4ccccc4)cc23)C1. The molecule has 1 aliphatic rings. The summed E-state index contributed by atoms with van der Waals surface area (Å²) >= 11 is 0. The van der Waals surface area contributed by atoms with E-state index >= 15 is 0 Å². The minimum Gasteiger partial charge on any atom is -0.378 e. The predicted molar refractivity (Wildman–Crippen MR) is 108 cm³/mol. The number of nitrogens with two attached hydrogens (primary N) is 1. The number of piperidine rings is 1. The lowest BCUT2D eigenvalue weighted by Gasteiger charge is -2.33. The van der Waals surface area contributed by atoms with Gasteiger partial charge in [0.05, 0.1) is 23.0 Å². The summed E-state index contributed by atoms with van der Waals surface area (Å²) in [6.45, 7) is 2.96. The van der Waals surface area contributed by atoms with Crippen molar-refractivity contribution >= 4 is 23.0 Å². The first-order valence-corrected chi connectivity index (χ1v) is 9.41. The van der Waals surface area contributed by atoms with Crippen molar-refractivity contribution in [2.75, 3.05) is 18.4 Å². The Hall–Kier alpha value is -3.35. The van der Waals surface area contributed by atoms with Crippen molar-refractivity contribution in [2.45, 2.75) is 25.8 Å². The van der Waals surface area contributed by atoms with Gasteiger partial charge in [-0.3, -0.25) is 9.59 Å². The van der Waals surface area contributed by atoms with Crippen LogP contribution in [0.25, 0.3) is 16.6 Å². The van der Waals surface area contributed by atoms with Gasteiger partial charge in [0.15, 0.2) is 0 Å². The number of likely N-dealkylation sites (tertiary alicyclic amines) is 1. The van der Waals surface area contributed by atoms with Crippen molar-refractivity contribution in [3.63, 3.8) is 0 Å². The number of primary amides is 1. The number of hydrogen-bond acceptors (Lipinski definition) is 4. The number of rotatable bonds is 4. The Labute approximate surface area is 163 Å². The Morgan fingerprint density at radius 3 is 2.71 bits per heavy atom. The molecule has 144 valence electrons. The van der Waals surface area contributed by atoms with Gasteiger partial charge in [0.2, 0.25) is 5.91 Å². The Morgan fingerprint density at radius 1 is 1.21 bits per heavy atom. The van der Waals surface area contributed by atoms with E-state index in [-0.39, 0.29) is 11.9 Å². The maximum Gasteiger partial charge on any atom is 0.252 e. The Bertz CT molecular complexity index is 1030. The second-order valence-corrected chi connectivity index (χ2v) is 7.17. The zero-order valence-corrected chi connectivity index (χ0v) is 15.8. The summed E-state index contributed by atoms with van der Waals surface area (Å²) in [5.41, 5.74) is 9.49. The molecule has 7 heteroatoms. The van der Waals surface area contributed by atoms with Crippen LogP contribution in [0.3, 0.4) is 0 Å². The molecule has 7 nitrogen and oxygen atoms in total. The fraction of sp³-hybridized carbons (Fsp3) is 0.286. The molecule has 1 atom stereocenters. The van der Waals surface area contributed by atoms with Gasteiger partial charge >= 0.3 is 0 Å². The minimum atomic E-state index is -0.529. The van der Waals surface area contributed by atoms with Gasteiger partial charge in [-0.15, -0.1) is 0 Å². The lowest BCUT2D eigenvalue weighted by atomic mass is 10.0. The standard InChI is InChI=1S/C21H23N5O2/c1-14(27)25-9-5-8-17(13-25)24-20-18(21(22)28)11-23-26-12-16(10-19(20)26)15-6-3-2-4-7-15/h2-4,6-7,10-12,17,24H,5,8-9,13H2,1H3,(H2,22,28). The molecule has 3 N–H and O–H groups in total. The van der Waals surface area contributed by atoms with Crippen molar-refractivity contribution in [1.29, 1.82) is 0 Å². The van der Waals surface area contributed by atoms with Crippen LogP contribution in [-0.4, -0.2) is 45.5 Å². The lowest BCUT2D eigenvalue weighted by molar-refractivity contribution is -0.129. The van der Waals surface area contributed by atoms with E-state index < -0.39 is 5.91 Å². The van der Waals surface area contributed by atoms with Crippen LogP contribution in [0, 0.1) is 0 Å². The fourth-order valence-corrected chi connectivity index (χ4v) is 3.77. The zero-order valence-electron chi connectivity index (χ0n) is 15.8. The molecule has 3 aromatic rings. The Balaban J connectivity index is 1.74. The van der Waals surface area contributed by atoms with E-state index in [1.165, 1.54) is 6.20 Å². The van der Waals surface area contributed by atoms with Gasteiger partial charge in [0, 0.05) is 37.8 Å². The first-order valence-electron chi connectivity index (χ1n) is 9.41. The highest BCUT2D eigenvalue weighted by molar-refractivity contribution is 6.02. The highest BCUT2D eigenvalue weighted by Crippen LogP contribution is 2.29. The number of fused-ring (bicyclic) bond motifs is 1. The normalized spacial score (nSPS) is 16.9. The minimum absolute atomic E-state index is 0.0528. The van der Waals surface area contributed by atoms with E-state index in [4.69, 9.17) is 5.73 Å². The monoisotopic (exact) mass is 377 g/mol. The molecule has 2 amide bonds. The molecule has 28 heavy (non-hydrogen) atoms. The third kappa shape index (κ3) is 3.43. The Morgan fingerprint density at radius 2 is 2.00 bits per heavy atom. The first-order chi connectivity index (χ1) is 13.5. The number of nitrogens with one attached hydrogen (secondary N) is 1. The maximum atomic E-state index is 12.0. The Kier molecular flexibility index (Phi) is 4.73. The number of carbonyl (C=O) groups is 2. The molecule has 3 heterocycles. The van der Waals surface area contributed by atoms with Crippen LogP contribution < -0.4 is 11.1 Å². The molecule has 0 aliphatic carbocycles. The van der Waals surface area contributed by atoms with Gasteiger partial charge in [-0.2, -0.15) is 5.10 Å². The third-order valence-electron chi connectivity index (χ3n) is 5.22. The highest BCUT2D eigenvalue weighted by atomic mass is 16.2. The summed E-state index contributed by atoms with van der Waals surface area (Å²) in [5, 5.41) is 7.82. The van der Waals surface area contributed by atoms with Crippen LogP contribution in [0.4, 0.5) is 5.69 Å². The highest BCUT2D eigenvalue weighted by Gasteiger charge is 2.24. The summed E-state index contributed by atoms with van der Waals surface area (Å²) in [4.78, 5) is 25.6. The maximum absolute atomic E-state index is 12.0. The quantitative estimate of drug-likeness (QED) is 0.731. The van der Waals surface area contributed by atoms with E-state index in [1.807, 2.05) is 47.5 Å². The molecule has 0 saturated carbocycles. The van der Waals surface area contributed by atoms with E-state index in [0.29, 0.717) is 17.8 Å². The molecule has 1 aliphatic heterocycles. The number of hydrogen-bond donors (Lipinski definition) is 2. The number of amides is 2. The molecular formula is C21H23N5O2. The molecule has 1 fully saturated rings. The van der Waals surface area contributed by atoms with Crippen LogP contribution in [0.1, 0.15) is 30.1 Å². The van der Waals surface area contributed by atoms with Crippen molar-refractivity contribution in [3.05, 3.63) is 54.4 Å². The summed E-state index contributed by atoms with van der Waals surface area (Å²) in [6, 6.07) is 12.1. The van der Waals surface area contributed by atoms with E-state index in [1.54, 1.807) is 11.4 Å². The molecule has 2 aromatic heterocycles. The second kappa shape index (κ2) is 7.34. The molecule has 1 unspecified atom stereocenters. The smallest absolute Gasteiger partial charge is 0.252 e. The van der Waals surface area contributed by atoms with Crippen LogP contribution in [0.2, 0.25) is 0 Å². The molecule has 0 radical (unpaired) electrons. The topological polar surface area (TPSA) is 92.7 Å². The van der Waals surface area contributed by atoms with Crippen molar-refractivity contribution in [2.24, 2.45) is 5.73 Å². The summed E-state index contributed by atoms with van der Waals surface area (Å²) < 4.78 is 1.75. The van der Waals surface area contributed by atoms with Crippen LogP contribution in [0.15, 0.2) is 48.8 Å². The molecule has 1 aromatic carbocycles. The summed E-state index contributed by atoms with van der Waals surface area (Å²) in [7, 11) is 0. The molecular weight excluding hydrogens is 354 g/mol. The largest absolute Gasteiger partial charge is 0.378 e. The van der Waals surface area contributed by atoms with Gasteiger partial charge < -0.3 is 16.0 Å². The van der Waals surface area contributed by atoms with Gasteiger partial charge in [0.1, 0.15) is 0 Å². The van der Waals surface area contributed by atoms with E-state index in [0.717, 1.165) is 36.0 Å². The van der Waals surface area contributed by atoms with Gasteiger partial charge in [-0.05, 0) is 24.5 Å². The molecule has 0 bridgehead atoms. The fourth-order valence-electron chi connectivity index (χ4n) is 3.77. The van der Waals surface area contributed by atoms with E-state index in [9.17, 15) is 9.59 Å². The van der Waals surface area contributed by atoms with Gasteiger partial charge in [-0.25, -0.2) is 4.52 Å². The van der Waals surface area contributed by atoms with Crippen molar-refractivity contribution in [1.82, 2.24) is 14.5 Å². The number of nitrogens with zero attached hydrogens (tertiary/aromatic N) is 3. The lowest BCUT2D eigenvalue weighted by Crippen LogP contribution is -2.44. The molecule has 4 rings (SSSR count). The molecule has 0 spiro atoms. The summed E-state index contributed by atoms with van der Waals surface area (Å²) in [6.07, 6.45) is 5.27. The van der Waals surface area contributed by atoms with Crippen LogP contribution in [-0.2, 0) is 4.79 Å².